The van der Waals surface area contributed by atoms with E-state index in [0.717, 1.165) is 23.5 Å². The Labute approximate surface area is 118 Å². The topological polar surface area (TPSA) is 44.5 Å². The summed E-state index contributed by atoms with van der Waals surface area (Å²) in [4.78, 5) is 0. The zero-order valence-corrected chi connectivity index (χ0v) is 11.2. The second-order valence-electron chi connectivity index (χ2n) is 5.44. The second-order valence-corrected chi connectivity index (χ2v) is 5.44. The minimum absolute atomic E-state index is 0.0146. The van der Waals surface area contributed by atoms with Gasteiger partial charge < -0.3 is 15.2 Å². The van der Waals surface area contributed by atoms with Crippen molar-refractivity contribution in [1.29, 1.82) is 0 Å². The first-order valence-electron chi connectivity index (χ1n) is 7.06. The molecule has 102 valence electrons. The average Bonchev–Trinajstić information content (AvgIpc) is 2.48. The molecule has 1 aliphatic carbocycles. The van der Waals surface area contributed by atoms with Crippen LogP contribution in [0.5, 0.6) is 11.5 Å². The van der Waals surface area contributed by atoms with E-state index in [0.29, 0.717) is 19.1 Å². The van der Waals surface area contributed by atoms with Gasteiger partial charge in [-0.15, -0.1) is 0 Å². The highest BCUT2D eigenvalue weighted by molar-refractivity contribution is 5.48. The van der Waals surface area contributed by atoms with Crippen LogP contribution in [0.15, 0.2) is 42.5 Å². The maximum atomic E-state index is 6.45. The number of ether oxygens (including phenoxy) is 2. The van der Waals surface area contributed by atoms with E-state index in [1.54, 1.807) is 0 Å². The summed E-state index contributed by atoms with van der Waals surface area (Å²) < 4.78 is 11.2. The summed E-state index contributed by atoms with van der Waals surface area (Å²) in [6.45, 7) is 1.23. The van der Waals surface area contributed by atoms with E-state index in [1.165, 1.54) is 11.1 Å². The van der Waals surface area contributed by atoms with Gasteiger partial charge in [0.2, 0.25) is 0 Å². The zero-order chi connectivity index (χ0) is 13.5. The van der Waals surface area contributed by atoms with Crippen LogP contribution in [0.4, 0.5) is 0 Å². The van der Waals surface area contributed by atoms with Crippen molar-refractivity contribution in [2.75, 3.05) is 13.2 Å². The lowest BCUT2D eigenvalue weighted by Crippen LogP contribution is -2.29. The molecule has 3 nitrogen and oxygen atoms in total. The summed E-state index contributed by atoms with van der Waals surface area (Å²) in [7, 11) is 0. The monoisotopic (exact) mass is 267 g/mol. The van der Waals surface area contributed by atoms with Gasteiger partial charge >= 0.3 is 0 Å². The third-order valence-corrected chi connectivity index (χ3v) is 4.28. The molecule has 0 fully saturated rings. The van der Waals surface area contributed by atoms with Crippen LogP contribution in [0.25, 0.3) is 0 Å². The molecule has 2 N–H and O–H groups in total. The predicted octanol–water partition coefficient (Wildman–Crippen LogP) is 2.80. The number of rotatable bonds is 2. The van der Waals surface area contributed by atoms with Crippen molar-refractivity contribution in [2.45, 2.75) is 18.4 Å². The lowest BCUT2D eigenvalue weighted by Gasteiger charge is -2.35. The van der Waals surface area contributed by atoms with Crippen molar-refractivity contribution >= 4 is 0 Å². The van der Waals surface area contributed by atoms with Gasteiger partial charge in [0.05, 0.1) is 0 Å². The van der Waals surface area contributed by atoms with E-state index in [4.69, 9.17) is 15.2 Å². The van der Waals surface area contributed by atoms with Crippen LogP contribution < -0.4 is 15.2 Å². The highest BCUT2D eigenvalue weighted by atomic mass is 16.6. The second kappa shape index (κ2) is 4.53. The number of fused-ring (bicyclic) bond motifs is 2. The summed E-state index contributed by atoms with van der Waals surface area (Å²) in [5, 5.41) is 0. The third kappa shape index (κ3) is 1.78. The summed E-state index contributed by atoms with van der Waals surface area (Å²) in [6, 6.07) is 14.6. The van der Waals surface area contributed by atoms with E-state index in [-0.39, 0.29) is 6.04 Å². The van der Waals surface area contributed by atoms with Gasteiger partial charge in [-0.25, -0.2) is 0 Å². The van der Waals surface area contributed by atoms with Crippen LogP contribution in [0, 0.1) is 0 Å². The maximum absolute atomic E-state index is 6.45. The minimum Gasteiger partial charge on any atom is -0.486 e. The lowest BCUT2D eigenvalue weighted by atomic mass is 9.72. The molecule has 0 bridgehead atoms. The van der Waals surface area contributed by atoms with Crippen LogP contribution in [0.2, 0.25) is 0 Å². The Morgan fingerprint density at radius 2 is 1.80 bits per heavy atom. The largest absolute Gasteiger partial charge is 0.486 e. The molecule has 2 atom stereocenters. The molecule has 4 rings (SSSR count). The molecule has 0 spiro atoms. The Morgan fingerprint density at radius 1 is 1.00 bits per heavy atom. The molecule has 20 heavy (non-hydrogen) atoms. The SMILES string of the molecule is NC(c1ccc2c(c1)OCCO2)C1Cc2ccccc21. The van der Waals surface area contributed by atoms with Crippen molar-refractivity contribution < 1.29 is 9.47 Å². The highest BCUT2D eigenvalue weighted by Crippen LogP contribution is 2.43. The van der Waals surface area contributed by atoms with Crippen molar-refractivity contribution in [3.63, 3.8) is 0 Å². The Hall–Kier alpha value is -2.00. The van der Waals surface area contributed by atoms with E-state index in [9.17, 15) is 0 Å². The van der Waals surface area contributed by atoms with Crippen LogP contribution >= 0.6 is 0 Å². The molecule has 3 heteroatoms. The molecular weight excluding hydrogens is 250 g/mol. The Kier molecular flexibility index (Phi) is 2.67. The molecule has 1 aliphatic heterocycles. The quantitative estimate of drug-likeness (QED) is 0.910. The number of benzene rings is 2. The van der Waals surface area contributed by atoms with Gasteiger partial charge in [-0.05, 0) is 35.2 Å². The molecular formula is C17H17NO2. The Balaban J connectivity index is 1.62. The first kappa shape index (κ1) is 11.8. The van der Waals surface area contributed by atoms with Crippen LogP contribution in [-0.2, 0) is 6.42 Å². The first-order chi connectivity index (χ1) is 9.83. The van der Waals surface area contributed by atoms with E-state index in [1.807, 2.05) is 12.1 Å². The summed E-state index contributed by atoms with van der Waals surface area (Å²) in [5.74, 6) is 2.05. The van der Waals surface area contributed by atoms with Crippen LogP contribution in [0.1, 0.15) is 28.7 Å². The van der Waals surface area contributed by atoms with Crippen molar-refractivity contribution in [2.24, 2.45) is 5.73 Å². The van der Waals surface area contributed by atoms with Crippen LogP contribution in [-0.4, -0.2) is 13.2 Å². The van der Waals surface area contributed by atoms with E-state index in [2.05, 4.69) is 30.3 Å². The normalized spacial score (nSPS) is 20.8. The molecule has 0 radical (unpaired) electrons. The maximum Gasteiger partial charge on any atom is 0.161 e. The van der Waals surface area contributed by atoms with Crippen molar-refractivity contribution in [1.82, 2.24) is 0 Å². The number of hydrogen-bond acceptors (Lipinski definition) is 3. The molecule has 2 aromatic rings. The summed E-state index contributed by atoms with van der Waals surface area (Å²) >= 11 is 0. The molecule has 2 unspecified atom stereocenters. The van der Waals surface area contributed by atoms with Crippen molar-refractivity contribution in [3.8, 4) is 11.5 Å². The number of nitrogens with two attached hydrogens (primary N) is 1. The molecule has 0 amide bonds. The predicted molar refractivity (Wildman–Crippen MR) is 77.2 cm³/mol. The molecule has 0 aromatic heterocycles. The van der Waals surface area contributed by atoms with Crippen molar-refractivity contribution in [3.05, 3.63) is 59.2 Å². The fraction of sp³-hybridized carbons (Fsp3) is 0.294. The Morgan fingerprint density at radius 3 is 2.65 bits per heavy atom. The average molecular weight is 267 g/mol. The van der Waals surface area contributed by atoms with E-state index < -0.39 is 0 Å². The van der Waals surface area contributed by atoms with E-state index >= 15 is 0 Å². The third-order valence-electron chi connectivity index (χ3n) is 4.28. The minimum atomic E-state index is 0.0146. The lowest BCUT2D eigenvalue weighted by molar-refractivity contribution is 0.171. The fourth-order valence-corrected chi connectivity index (χ4v) is 3.12. The molecule has 2 aliphatic rings. The van der Waals surface area contributed by atoms with Gasteiger partial charge in [0.15, 0.2) is 11.5 Å². The van der Waals surface area contributed by atoms with Gasteiger partial charge in [-0.2, -0.15) is 0 Å². The highest BCUT2D eigenvalue weighted by Gasteiger charge is 2.31. The zero-order valence-electron chi connectivity index (χ0n) is 11.2. The molecule has 0 saturated carbocycles. The molecule has 2 aromatic carbocycles. The molecule has 1 heterocycles. The van der Waals surface area contributed by atoms with Crippen LogP contribution in [0.3, 0.4) is 0 Å². The van der Waals surface area contributed by atoms with Gasteiger partial charge in [0, 0.05) is 12.0 Å². The van der Waals surface area contributed by atoms with Gasteiger partial charge in [0.1, 0.15) is 13.2 Å². The van der Waals surface area contributed by atoms with Gasteiger partial charge in [0.25, 0.3) is 0 Å². The fourth-order valence-electron chi connectivity index (χ4n) is 3.12. The first-order valence-corrected chi connectivity index (χ1v) is 7.06. The van der Waals surface area contributed by atoms with Gasteiger partial charge in [-0.1, -0.05) is 30.3 Å². The van der Waals surface area contributed by atoms with Gasteiger partial charge in [-0.3, -0.25) is 0 Å². The molecule has 0 saturated heterocycles. The standard InChI is InChI=1S/C17H17NO2/c18-17(14-9-11-3-1-2-4-13(11)14)12-5-6-15-16(10-12)20-8-7-19-15/h1-6,10,14,17H,7-9,18H2. The summed E-state index contributed by atoms with van der Waals surface area (Å²) in [6.07, 6.45) is 1.06. The Bertz CT molecular complexity index is 653. The number of hydrogen-bond donors (Lipinski definition) is 1. The smallest absolute Gasteiger partial charge is 0.161 e. The summed E-state index contributed by atoms with van der Waals surface area (Å²) in [5.41, 5.74) is 10.4.